The molecule has 0 atom stereocenters. The lowest BCUT2D eigenvalue weighted by molar-refractivity contribution is -0.117. The van der Waals surface area contributed by atoms with Crippen LogP contribution in [-0.2, 0) is 16.1 Å². The zero-order chi connectivity index (χ0) is 19.8. The lowest BCUT2D eigenvalue weighted by Gasteiger charge is -2.26. The van der Waals surface area contributed by atoms with Crippen molar-refractivity contribution in [2.24, 2.45) is 10.9 Å². The first-order valence-corrected chi connectivity index (χ1v) is 10.6. The Morgan fingerprint density at radius 2 is 2.04 bits per heavy atom. The number of carbonyl (C=O) groups excluding carboxylic acids is 1. The van der Waals surface area contributed by atoms with Crippen molar-refractivity contribution in [1.82, 2.24) is 10.2 Å². The van der Waals surface area contributed by atoms with Crippen LogP contribution in [0.15, 0.2) is 29.3 Å². The van der Waals surface area contributed by atoms with Gasteiger partial charge in [0.2, 0.25) is 5.91 Å². The van der Waals surface area contributed by atoms with Crippen molar-refractivity contribution < 1.29 is 9.53 Å². The van der Waals surface area contributed by atoms with E-state index in [2.05, 4.69) is 36.3 Å². The molecule has 0 aliphatic carbocycles. The molecular formula is C22H34N4O2. The average molecular weight is 387 g/mol. The molecule has 2 heterocycles. The van der Waals surface area contributed by atoms with Gasteiger partial charge in [0.1, 0.15) is 0 Å². The highest BCUT2D eigenvalue weighted by Crippen LogP contribution is 2.22. The van der Waals surface area contributed by atoms with Crippen molar-refractivity contribution in [2.75, 3.05) is 44.8 Å². The highest BCUT2D eigenvalue weighted by molar-refractivity contribution is 5.95. The number of amides is 1. The van der Waals surface area contributed by atoms with Crippen molar-refractivity contribution in [3.8, 4) is 0 Å². The fourth-order valence-electron chi connectivity index (χ4n) is 3.86. The first-order chi connectivity index (χ1) is 13.7. The minimum Gasteiger partial charge on any atom is -0.381 e. The van der Waals surface area contributed by atoms with Crippen molar-refractivity contribution in [2.45, 2.75) is 45.6 Å². The van der Waals surface area contributed by atoms with Crippen LogP contribution in [0.25, 0.3) is 0 Å². The van der Waals surface area contributed by atoms with E-state index in [1.807, 2.05) is 17.0 Å². The summed E-state index contributed by atoms with van der Waals surface area (Å²) in [4.78, 5) is 20.8. The molecule has 2 saturated heterocycles. The predicted molar refractivity (Wildman–Crippen MR) is 114 cm³/mol. The second-order valence-corrected chi connectivity index (χ2v) is 7.75. The zero-order valence-corrected chi connectivity index (χ0v) is 17.3. The fraction of sp³-hybridized carbons (Fsp3) is 0.636. The summed E-state index contributed by atoms with van der Waals surface area (Å²) in [5.41, 5.74) is 2.15. The summed E-state index contributed by atoms with van der Waals surface area (Å²) in [5, 5.41) is 3.40. The molecule has 1 amide bonds. The molecule has 3 rings (SSSR count). The van der Waals surface area contributed by atoms with Gasteiger partial charge in [-0.15, -0.1) is 0 Å². The van der Waals surface area contributed by atoms with Crippen LogP contribution in [0.3, 0.4) is 0 Å². The number of benzene rings is 1. The highest BCUT2D eigenvalue weighted by atomic mass is 16.5. The predicted octanol–water partition coefficient (Wildman–Crippen LogP) is 3.03. The number of nitrogens with zero attached hydrogens (tertiary/aromatic N) is 3. The molecule has 154 valence electrons. The lowest BCUT2D eigenvalue weighted by Crippen LogP contribution is -2.40. The number of ether oxygens (including phenoxy) is 1. The van der Waals surface area contributed by atoms with Gasteiger partial charge in [-0.1, -0.05) is 12.1 Å². The average Bonchev–Trinajstić information content (AvgIpc) is 3.16. The minimum atomic E-state index is 0.228. The van der Waals surface area contributed by atoms with Crippen LogP contribution in [0.2, 0.25) is 0 Å². The van der Waals surface area contributed by atoms with Crippen LogP contribution < -0.4 is 10.2 Å². The summed E-state index contributed by atoms with van der Waals surface area (Å²) in [6.07, 6.45) is 5.15. The maximum absolute atomic E-state index is 11.9. The van der Waals surface area contributed by atoms with Gasteiger partial charge in [0, 0.05) is 52.0 Å². The molecule has 0 radical (unpaired) electrons. The summed E-state index contributed by atoms with van der Waals surface area (Å²) in [6.45, 7) is 7.24. The third-order valence-electron chi connectivity index (χ3n) is 5.64. The Hall–Kier alpha value is -2.08. The summed E-state index contributed by atoms with van der Waals surface area (Å²) in [6, 6.07) is 8.23. The molecule has 0 bridgehead atoms. The molecule has 2 aliphatic heterocycles. The lowest BCUT2D eigenvalue weighted by atomic mass is 9.96. The molecule has 0 spiro atoms. The van der Waals surface area contributed by atoms with Gasteiger partial charge in [0.05, 0.1) is 6.54 Å². The molecule has 1 aromatic rings. The number of hydrogen-bond donors (Lipinski definition) is 1. The van der Waals surface area contributed by atoms with E-state index in [9.17, 15) is 4.79 Å². The molecule has 1 N–H and O–H groups in total. The van der Waals surface area contributed by atoms with Gasteiger partial charge in [-0.25, -0.2) is 4.99 Å². The van der Waals surface area contributed by atoms with E-state index < -0.39 is 0 Å². The number of hydrogen-bond acceptors (Lipinski definition) is 3. The van der Waals surface area contributed by atoms with Gasteiger partial charge >= 0.3 is 0 Å². The molecule has 0 saturated carbocycles. The van der Waals surface area contributed by atoms with Crippen molar-refractivity contribution in [3.05, 3.63) is 29.8 Å². The van der Waals surface area contributed by atoms with Gasteiger partial charge in [0.15, 0.2) is 5.96 Å². The van der Waals surface area contributed by atoms with Crippen LogP contribution in [0.5, 0.6) is 0 Å². The maximum Gasteiger partial charge on any atom is 0.227 e. The van der Waals surface area contributed by atoms with E-state index in [1.54, 1.807) is 0 Å². The summed E-state index contributed by atoms with van der Waals surface area (Å²) < 4.78 is 5.46. The van der Waals surface area contributed by atoms with Crippen LogP contribution in [0.4, 0.5) is 5.69 Å². The number of anilines is 1. The molecule has 6 nitrogen and oxygen atoms in total. The largest absolute Gasteiger partial charge is 0.381 e. The summed E-state index contributed by atoms with van der Waals surface area (Å²) in [7, 11) is 2.11. The SMILES string of the molecule is CCNC(=NCc1ccc(N2CCCC2=O)cc1)N(C)CCC1CCOCC1. The number of carbonyl (C=O) groups is 1. The van der Waals surface area contributed by atoms with E-state index in [4.69, 9.17) is 9.73 Å². The highest BCUT2D eigenvalue weighted by Gasteiger charge is 2.21. The Morgan fingerprint density at radius 1 is 1.29 bits per heavy atom. The Morgan fingerprint density at radius 3 is 2.68 bits per heavy atom. The molecule has 2 fully saturated rings. The molecule has 0 unspecified atom stereocenters. The molecule has 6 heteroatoms. The second-order valence-electron chi connectivity index (χ2n) is 7.75. The van der Waals surface area contributed by atoms with Crippen molar-refractivity contribution >= 4 is 17.6 Å². The Bertz CT molecular complexity index is 653. The Labute approximate surface area is 168 Å². The first-order valence-electron chi connectivity index (χ1n) is 10.6. The number of guanidine groups is 1. The number of nitrogens with one attached hydrogen (secondary N) is 1. The molecule has 0 aromatic heterocycles. The fourth-order valence-corrected chi connectivity index (χ4v) is 3.86. The first kappa shape index (κ1) is 20.6. The topological polar surface area (TPSA) is 57.2 Å². The van der Waals surface area contributed by atoms with E-state index >= 15 is 0 Å². The van der Waals surface area contributed by atoms with Crippen LogP contribution >= 0.6 is 0 Å². The van der Waals surface area contributed by atoms with E-state index in [-0.39, 0.29) is 5.91 Å². The molecule has 1 aromatic carbocycles. The molecular weight excluding hydrogens is 352 g/mol. The third-order valence-corrected chi connectivity index (χ3v) is 5.64. The van der Waals surface area contributed by atoms with Gasteiger partial charge in [-0.3, -0.25) is 4.79 Å². The smallest absolute Gasteiger partial charge is 0.227 e. The minimum absolute atomic E-state index is 0.228. The number of aliphatic imine (C=N–C) groups is 1. The van der Waals surface area contributed by atoms with E-state index in [0.29, 0.717) is 13.0 Å². The monoisotopic (exact) mass is 386 g/mol. The maximum atomic E-state index is 11.9. The Kier molecular flexibility index (Phi) is 7.71. The van der Waals surface area contributed by atoms with Gasteiger partial charge < -0.3 is 19.9 Å². The van der Waals surface area contributed by atoms with Crippen molar-refractivity contribution in [3.63, 3.8) is 0 Å². The van der Waals surface area contributed by atoms with E-state index in [1.165, 1.54) is 19.3 Å². The third kappa shape index (κ3) is 5.71. The molecule has 28 heavy (non-hydrogen) atoms. The van der Waals surface area contributed by atoms with Gasteiger partial charge in [-0.05, 0) is 56.2 Å². The Balaban J connectivity index is 1.54. The van der Waals surface area contributed by atoms with Crippen LogP contribution in [-0.4, -0.2) is 56.7 Å². The van der Waals surface area contributed by atoms with Gasteiger partial charge in [-0.2, -0.15) is 0 Å². The standard InChI is InChI=1S/C22H34N4O2/c1-3-23-22(25(2)14-10-18-11-15-28-16-12-18)24-17-19-6-8-20(9-7-19)26-13-4-5-21(26)27/h6-9,18H,3-5,10-17H2,1-2H3,(H,23,24). The summed E-state index contributed by atoms with van der Waals surface area (Å²) >= 11 is 0. The second kappa shape index (κ2) is 10.5. The molecule has 2 aliphatic rings. The van der Waals surface area contributed by atoms with E-state index in [0.717, 1.165) is 62.4 Å². The normalized spacial score (nSPS) is 18.6. The van der Waals surface area contributed by atoms with Crippen LogP contribution in [0.1, 0.15) is 44.6 Å². The summed E-state index contributed by atoms with van der Waals surface area (Å²) in [5.74, 6) is 1.94. The zero-order valence-electron chi connectivity index (χ0n) is 17.3. The van der Waals surface area contributed by atoms with Gasteiger partial charge in [0.25, 0.3) is 0 Å². The quantitative estimate of drug-likeness (QED) is 0.578. The van der Waals surface area contributed by atoms with Crippen molar-refractivity contribution in [1.29, 1.82) is 0 Å². The number of rotatable bonds is 7. The van der Waals surface area contributed by atoms with Crippen LogP contribution in [0, 0.1) is 5.92 Å².